The average molecular weight is 493 g/mol. The Morgan fingerprint density at radius 1 is 1.19 bits per heavy atom. The van der Waals surface area contributed by atoms with Crippen molar-refractivity contribution < 1.29 is 14.3 Å². The number of urea groups is 1. The first kappa shape index (κ1) is 23.8. The van der Waals surface area contributed by atoms with Gasteiger partial charge >= 0.3 is 12.0 Å². The van der Waals surface area contributed by atoms with Gasteiger partial charge in [-0.3, -0.25) is 0 Å². The molecule has 0 spiro atoms. The van der Waals surface area contributed by atoms with Gasteiger partial charge < -0.3 is 25.6 Å². The molecule has 2 aromatic rings. The van der Waals surface area contributed by atoms with Crippen molar-refractivity contribution in [3.8, 4) is 0 Å². The molecule has 32 heavy (non-hydrogen) atoms. The summed E-state index contributed by atoms with van der Waals surface area (Å²) >= 11 is 17.6. The highest BCUT2D eigenvalue weighted by atomic mass is 35.5. The van der Waals surface area contributed by atoms with Crippen molar-refractivity contribution in [3.63, 3.8) is 0 Å². The minimum absolute atomic E-state index is 0.252. The van der Waals surface area contributed by atoms with Gasteiger partial charge in [0, 0.05) is 17.9 Å². The highest BCUT2D eigenvalue weighted by molar-refractivity contribution is 7.80. The Balaban J connectivity index is 1.86. The number of halogens is 2. The molecule has 1 atom stereocenters. The summed E-state index contributed by atoms with van der Waals surface area (Å²) in [7, 11) is 1.34. The SMILES string of the molecule is CCN1C(=S)N[C@@H](c2cccc(NC(=O)Nc3cccc(Cl)c3Cl)c2)C(C(=O)OC)=C1C. The Hall–Kier alpha value is -2.81. The molecule has 168 valence electrons. The number of hydrogen-bond donors (Lipinski definition) is 3. The first-order chi connectivity index (χ1) is 15.3. The number of nitrogens with one attached hydrogen (secondary N) is 3. The van der Waals surface area contributed by atoms with Crippen molar-refractivity contribution in [1.29, 1.82) is 0 Å². The largest absolute Gasteiger partial charge is 0.466 e. The number of esters is 1. The van der Waals surface area contributed by atoms with E-state index in [0.717, 1.165) is 11.3 Å². The molecule has 3 N–H and O–H groups in total. The fourth-order valence-electron chi connectivity index (χ4n) is 3.47. The van der Waals surface area contributed by atoms with Crippen molar-refractivity contribution in [2.24, 2.45) is 0 Å². The summed E-state index contributed by atoms with van der Waals surface area (Å²) in [6, 6.07) is 11.1. The number of carbonyl (C=O) groups is 2. The smallest absolute Gasteiger partial charge is 0.337 e. The lowest BCUT2D eigenvalue weighted by Gasteiger charge is -2.37. The quantitative estimate of drug-likeness (QED) is 0.386. The number of nitrogens with zero attached hydrogens (tertiary/aromatic N) is 1. The van der Waals surface area contributed by atoms with Gasteiger partial charge in [-0.05, 0) is 55.9 Å². The van der Waals surface area contributed by atoms with Crippen molar-refractivity contribution in [3.05, 3.63) is 69.3 Å². The molecular formula is C22H22Cl2N4O3S. The van der Waals surface area contributed by atoms with Crippen LogP contribution in [0.4, 0.5) is 16.2 Å². The normalized spacial score (nSPS) is 15.8. The summed E-state index contributed by atoms with van der Waals surface area (Å²) in [5, 5.41) is 9.73. The molecule has 2 amide bonds. The van der Waals surface area contributed by atoms with E-state index in [4.69, 9.17) is 40.2 Å². The molecule has 0 radical (unpaired) electrons. The standard InChI is InChI=1S/C22H22Cl2N4O3S/c1-4-28-12(2)17(20(29)31-3)19(27-22(28)32)13-7-5-8-14(11-13)25-21(30)26-16-10-6-9-15(23)18(16)24/h5-11,19H,4H2,1-3H3,(H,27,32)(H2,25,26,30)/t19-/m0/s1. The Morgan fingerprint density at radius 3 is 2.59 bits per heavy atom. The second-order valence-corrected chi connectivity index (χ2v) is 8.10. The lowest BCUT2D eigenvalue weighted by Crippen LogP contribution is -2.47. The van der Waals surface area contributed by atoms with Gasteiger partial charge in [-0.2, -0.15) is 0 Å². The van der Waals surface area contributed by atoms with Crippen molar-refractivity contribution in [1.82, 2.24) is 10.2 Å². The predicted molar refractivity (Wildman–Crippen MR) is 131 cm³/mol. The van der Waals surface area contributed by atoms with Gasteiger partial charge in [-0.15, -0.1) is 0 Å². The van der Waals surface area contributed by atoms with Gasteiger partial charge in [0.25, 0.3) is 0 Å². The summed E-state index contributed by atoms with van der Waals surface area (Å²) in [6.45, 7) is 4.39. The van der Waals surface area contributed by atoms with Crippen LogP contribution in [0.3, 0.4) is 0 Å². The lowest BCUT2D eigenvalue weighted by molar-refractivity contribution is -0.136. The van der Waals surface area contributed by atoms with Crippen LogP contribution in [0.15, 0.2) is 53.7 Å². The van der Waals surface area contributed by atoms with Crippen LogP contribution in [-0.2, 0) is 9.53 Å². The lowest BCUT2D eigenvalue weighted by atomic mass is 9.94. The molecule has 0 saturated carbocycles. The van der Waals surface area contributed by atoms with E-state index in [1.807, 2.05) is 24.8 Å². The number of ether oxygens (including phenoxy) is 1. The molecule has 1 heterocycles. The number of benzene rings is 2. The fourth-order valence-corrected chi connectivity index (χ4v) is 4.20. The van der Waals surface area contributed by atoms with Gasteiger partial charge in [0.15, 0.2) is 5.11 Å². The second-order valence-electron chi connectivity index (χ2n) is 6.92. The second kappa shape index (κ2) is 10.2. The average Bonchev–Trinajstić information content (AvgIpc) is 2.76. The van der Waals surface area contributed by atoms with E-state index in [1.165, 1.54) is 7.11 Å². The maximum Gasteiger partial charge on any atom is 0.337 e. The molecule has 3 rings (SSSR count). The molecule has 2 aromatic carbocycles. The van der Waals surface area contributed by atoms with E-state index in [0.29, 0.717) is 33.6 Å². The molecule has 0 fully saturated rings. The van der Waals surface area contributed by atoms with Crippen LogP contribution in [-0.4, -0.2) is 35.7 Å². The maximum absolute atomic E-state index is 12.6. The minimum Gasteiger partial charge on any atom is -0.466 e. The van der Waals surface area contributed by atoms with E-state index in [2.05, 4.69) is 16.0 Å². The maximum atomic E-state index is 12.6. The first-order valence-corrected chi connectivity index (χ1v) is 10.9. The summed E-state index contributed by atoms with van der Waals surface area (Å²) in [6.07, 6.45) is 0. The minimum atomic E-state index is -0.523. The monoisotopic (exact) mass is 492 g/mol. The molecule has 0 bridgehead atoms. The van der Waals surface area contributed by atoms with Gasteiger partial charge in [0.1, 0.15) is 0 Å². The zero-order chi connectivity index (χ0) is 23.4. The third kappa shape index (κ3) is 4.98. The van der Waals surface area contributed by atoms with Gasteiger partial charge in [0.2, 0.25) is 0 Å². The van der Waals surface area contributed by atoms with Gasteiger partial charge in [-0.1, -0.05) is 41.4 Å². The number of methoxy groups -OCH3 is 1. The summed E-state index contributed by atoms with van der Waals surface area (Å²) < 4.78 is 5.01. The summed E-state index contributed by atoms with van der Waals surface area (Å²) in [5.74, 6) is -0.451. The zero-order valence-corrected chi connectivity index (χ0v) is 20.0. The van der Waals surface area contributed by atoms with Crippen molar-refractivity contribution >= 4 is 63.9 Å². The number of hydrogen-bond acceptors (Lipinski definition) is 4. The molecule has 0 saturated heterocycles. The van der Waals surface area contributed by atoms with Crippen LogP contribution >= 0.6 is 35.4 Å². The van der Waals surface area contributed by atoms with Crippen LogP contribution in [0, 0.1) is 0 Å². The van der Waals surface area contributed by atoms with E-state index >= 15 is 0 Å². The van der Waals surface area contributed by atoms with E-state index in [9.17, 15) is 9.59 Å². The van der Waals surface area contributed by atoms with Crippen molar-refractivity contribution in [2.75, 3.05) is 24.3 Å². The molecule has 7 nitrogen and oxygen atoms in total. The van der Waals surface area contributed by atoms with Crippen LogP contribution < -0.4 is 16.0 Å². The van der Waals surface area contributed by atoms with Crippen LogP contribution in [0.25, 0.3) is 0 Å². The topological polar surface area (TPSA) is 82.7 Å². The third-order valence-electron chi connectivity index (χ3n) is 5.00. The van der Waals surface area contributed by atoms with Crippen LogP contribution in [0.5, 0.6) is 0 Å². The Labute approximate surface area is 201 Å². The molecule has 1 aliphatic rings. The molecule has 10 heteroatoms. The Kier molecular flexibility index (Phi) is 7.60. The number of anilines is 2. The number of allylic oxidation sites excluding steroid dienone is 1. The highest BCUT2D eigenvalue weighted by Gasteiger charge is 2.34. The molecule has 0 aliphatic carbocycles. The number of amides is 2. The Morgan fingerprint density at radius 2 is 1.91 bits per heavy atom. The van der Waals surface area contributed by atoms with Gasteiger partial charge in [0.05, 0.1) is 34.5 Å². The van der Waals surface area contributed by atoms with Crippen LogP contribution in [0.2, 0.25) is 10.0 Å². The Bertz CT molecular complexity index is 1110. The van der Waals surface area contributed by atoms with E-state index in [-0.39, 0.29) is 5.02 Å². The number of rotatable bonds is 5. The zero-order valence-electron chi connectivity index (χ0n) is 17.7. The number of thiocarbonyl (C=S) groups is 1. The molecular weight excluding hydrogens is 471 g/mol. The third-order valence-corrected chi connectivity index (χ3v) is 6.15. The molecule has 1 aliphatic heterocycles. The summed E-state index contributed by atoms with van der Waals surface area (Å²) in [4.78, 5) is 26.9. The first-order valence-electron chi connectivity index (χ1n) is 9.75. The molecule has 0 aromatic heterocycles. The van der Waals surface area contributed by atoms with Gasteiger partial charge in [-0.25, -0.2) is 9.59 Å². The molecule has 0 unspecified atom stereocenters. The van der Waals surface area contributed by atoms with Crippen LogP contribution in [0.1, 0.15) is 25.5 Å². The van der Waals surface area contributed by atoms with E-state index in [1.54, 1.807) is 36.4 Å². The number of carbonyl (C=O) groups excluding carboxylic acids is 2. The van der Waals surface area contributed by atoms with E-state index < -0.39 is 18.0 Å². The highest BCUT2D eigenvalue weighted by Crippen LogP contribution is 2.33. The van der Waals surface area contributed by atoms with Crippen molar-refractivity contribution in [2.45, 2.75) is 19.9 Å². The predicted octanol–water partition coefficient (Wildman–Crippen LogP) is 5.34. The summed E-state index contributed by atoms with van der Waals surface area (Å²) in [5.41, 5.74) is 2.82. The fraction of sp³-hybridized carbons (Fsp3) is 0.227.